The smallest absolute Gasteiger partial charge is 0.336 e. The molecule has 184 valence electrons. The van der Waals surface area contributed by atoms with Gasteiger partial charge in [0.1, 0.15) is 6.61 Å². The molecule has 0 aliphatic carbocycles. The normalized spacial score (nSPS) is 10.7. The third kappa shape index (κ3) is 5.73. The van der Waals surface area contributed by atoms with Crippen molar-refractivity contribution in [2.45, 2.75) is 13.8 Å². The van der Waals surface area contributed by atoms with Crippen LogP contribution >= 0.6 is 0 Å². The Morgan fingerprint density at radius 1 is 1.06 bits per heavy atom. The molecule has 0 spiro atoms. The molecule has 0 saturated carbocycles. The number of amides is 1. The number of ether oxygens (including phenoxy) is 2. The molecule has 0 fully saturated rings. The minimum absolute atomic E-state index is 0.154. The van der Waals surface area contributed by atoms with Crippen LogP contribution in [0.25, 0.3) is 17.1 Å². The molecule has 4 aromatic rings. The van der Waals surface area contributed by atoms with Gasteiger partial charge >= 0.3 is 6.01 Å². The summed E-state index contributed by atoms with van der Waals surface area (Å²) < 4.78 is 12.7. The van der Waals surface area contributed by atoms with Crippen LogP contribution in [0.2, 0.25) is 0 Å². The van der Waals surface area contributed by atoms with Crippen molar-refractivity contribution >= 4 is 17.3 Å². The minimum atomic E-state index is -0.538. The molecule has 1 heterocycles. The highest BCUT2D eigenvalue weighted by atomic mass is 16.6. The van der Waals surface area contributed by atoms with Gasteiger partial charge in [-0.25, -0.2) is 4.68 Å². The van der Waals surface area contributed by atoms with Gasteiger partial charge in [0.25, 0.3) is 11.6 Å². The Kier molecular flexibility index (Phi) is 7.66. The molecule has 0 atom stereocenters. The first-order valence-corrected chi connectivity index (χ1v) is 11.4. The topological polar surface area (TPSA) is 121 Å². The van der Waals surface area contributed by atoms with E-state index in [9.17, 15) is 14.9 Å². The Morgan fingerprint density at radius 3 is 2.64 bits per heavy atom. The quantitative estimate of drug-likeness (QED) is 0.193. The molecule has 1 amide bonds. The predicted molar refractivity (Wildman–Crippen MR) is 135 cm³/mol. The van der Waals surface area contributed by atoms with Gasteiger partial charge in [-0.2, -0.15) is 4.98 Å². The summed E-state index contributed by atoms with van der Waals surface area (Å²) in [5, 5.41) is 18.4. The number of anilines is 1. The van der Waals surface area contributed by atoms with E-state index < -0.39 is 10.8 Å². The number of carbonyl (C=O) groups is 1. The van der Waals surface area contributed by atoms with Crippen molar-refractivity contribution in [3.8, 4) is 23.1 Å². The van der Waals surface area contributed by atoms with Gasteiger partial charge in [0.2, 0.25) is 0 Å². The van der Waals surface area contributed by atoms with E-state index in [1.807, 2.05) is 44.2 Å². The Bertz CT molecular complexity index is 1380. The maximum atomic E-state index is 12.7. The average molecular weight is 488 g/mol. The highest BCUT2D eigenvalue weighted by molar-refractivity contribution is 6.04. The maximum absolute atomic E-state index is 12.7. The van der Waals surface area contributed by atoms with Crippen LogP contribution in [0, 0.1) is 17.0 Å². The van der Waals surface area contributed by atoms with E-state index in [-0.39, 0.29) is 17.3 Å². The third-order valence-electron chi connectivity index (χ3n) is 5.30. The molecule has 10 nitrogen and oxygen atoms in total. The molecule has 1 aromatic heterocycles. The minimum Gasteiger partial charge on any atom is -0.460 e. The summed E-state index contributed by atoms with van der Waals surface area (Å²) in [5.74, 6) is 0.121. The molecule has 4 rings (SSSR count). The largest absolute Gasteiger partial charge is 0.460 e. The number of nitro benzene ring substituents is 1. The van der Waals surface area contributed by atoms with E-state index in [1.54, 1.807) is 22.9 Å². The first-order chi connectivity index (χ1) is 17.5. The zero-order valence-electron chi connectivity index (χ0n) is 19.9. The summed E-state index contributed by atoms with van der Waals surface area (Å²) in [4.78, 5) is 27.9. The number of carbonyl (C=O) groups excluding carboxylic acids is 1. The lowest BCUT2D eigenvalue weighted by atomic mass is 10.1. The lowest BCUT2D eigenvalue weighted by molar-refractivity contribution is -0.384. The number of aromatic nitrogens is 3. The van der Waals surface area contributed by atoms with E-state index in [1.165, 1.54) is 24.3 Å². The maximum Gasteiger partial charge on any atom is 0.336 e. The molecule has 10 heteroatoms. The molecule has 0 radical (unpaired) electrons. The number of hydrogen-bond donors (Lipinski definition) is 1. The van der Waals surface area contributed by atoms with Crippen LogP contribution < -0.4 is 10.1 Å². The SMILES string of the molecule is CCOCCOc1nc(-c2ccccc2C)n(-c2cccc(NC(=O)c3cccc([N+](=O)[O-])c3)c2)n1. The summed E-state index contributed by atoms with van der Waals surface area (Å²) in [6, 6.07) is 20.7. The second-order valence-electron chi connectivity index (χ2n) is 7.80. The Morgan fingerprint density at radius 2 is 1.86 bits per heavy atom. The van der Waals surface area contributed by atoms with E-state index in [0.29, 0.717) is 37.0 Å². The third-order valence-corrected chi connectivity index (χ3v) is 5.30. The Balaban J connectivity index is 1.64. The fourth-order valence-electron chi connectivity index (χ4n) is 3.55. The standard InChI is InChI=1S/C26H25N5O5/c1-3-35-14-15-36-26-28-24(23-13-5-4-8-18(23)2)30(29-26)21-11-7-10-20(17-21)27-25(32)19-9-6-12-22(16-19)31(33)34/h4-13,16-17H,3,14-15H2,1-2H3,(H,27,32). The summed E-state index contributed by atoms with van der Waals surface area (Å²) >= 11 is 0. The van der Waals surface area contributed by atoms with Gasteiger partial charge < -0.3 is 14.8 Å². The Labute approximate surface area is 207 Å². The first kappa shape index (κ1) is 24.6. The molecule has 0 aliphatic rings. The van der Waals surface area contributed by atoms with Gasteiger partial charge in [0.05, 0.1) is 17.2 Å². The fraction of sp³-hybridized carbons (Fsp3) is 0.192. The van der Waals surface area contributed by atoms with Crippen molar-refractivity contribution in [2.75, 3.05) is 25.1 Å². The van der Waals surface area contributed by atoms with Gasteiger partial charge in [-0.1, -0.05) is 36.4 Å². The second kappa shape index (κ2) is 11.2. The molecule has 0 unspecified atom stereocenters. The first-order valence-electron chi connectivity index (χ1n) is 11.4. The number of nitrogens with zero attached hydrogens (tertiary/aromatic N) is 4. The van der Waals surface area contributed by atoms with Gasteiger partial charge in [0.15, 0.2) is 5.82 Å². The number of rotatable bonds is 10. The molecular weight excluding hydrogens is 462 g/mol. The van der Waals surface area contributed by atoms with E-state index in [2.05, 4.69) is 15.4 Å². The number of nitro groups is 1. The number of non-ortho nitro benzene ring substituents is 1. The van der Waals surface area contributed by atoms with Crippen LogP contribution in [0.5, 0.6) is 6.01 Å². The van der Waals surface area contributed by atoms with Crippen molar-refractivity contribution in [2.24, 2.45) is 0 Å². The number of hydrogen-bond acceptors (Lipinski definition) is 7. The highest BCUT2D eigenvalue weighted by Gasteiger charge is 2.17. The molecule has 3 aromatic carbocycles. The van der Waals surface area contributed by atoms with Crippen LogP contribution in [-0.4, -0.2) is 45.4 Å². The van der Waals surface area contributed by atoms with Gasteiger partial charge in [-0.3, -0.25) is 14.9 Å². The van der Waals surface area contributed by atoms with Crippen LogP contribution in [0.4, 0.5) is 11.4 Å². The van der Waals surface area contributed by atoms with Gasteiger partial charge in [-0.05, 0) is 43.7 Å². The lowest BCUT2D eigenvalue weighted by Crippen LogP contribution is -2.12. The molecule has 1 N–H and O–H groups in total. The number of benzene rings is 3. The molecular formula is C26H25N5O5. The van der Waals surface area contributed by atoms with E-state index in [0.717, 1.165) is 11.1 Å². The van der Waals surface area contributed by atoms with Crippen LogP contribution in [0.3, 0.4) is 0 Å². The second-order valence-corrected chi connectivity index (χ2v) is 7.80. The van der Waals surface area contributed by atoms with Crippen molar-refractivity contribution in [1.29, 1.82) is 0 Å². The molecule has 36 heavy (non-hydrogen) atoms. The Hall–Kier alpha value is -4.57. The zero-order chi connectivity index (χ0) is 25.5. The summed E-state index contributed by atoms with van der Waals surface area (Å²) in [5.41, 5.74) is 3.07. The summed E-state index contributed by atoms with van der Waals surface area (Å²) in [6.07, 6.45) is 0. The van der Waals surface area contributed by atoms with Crippen LogP contribution in [-0.2, 0) is 4.74 Å². The number of nitrogens with one attached hydrogen (secondary N) is 1. The monoisotopic (exact) mass is 487 g/mol. The van der Waals surface area contributed by atoms with Crippen LogP contribution in [0.1, 0.15) is 22.8 Å². The van der Waals surface area contributed by atoms with Crippen molar-refractivity contribution in [3.05, 3.63) is 94.0 Å². The predicted octanol–water partition coefficient (Wildman–Crippen LogP) is 4.82. The molecule has 0 saturated heterocycles. The van der Waals surface area contributed by atoms with Crippen molar-refractivity contribution in [1.82, 2.24) is 14.8 Å². The highest BCUT2D eigenvalue weighted by Crippen LogP contribution is 2.27. The van der Waals surface area contributed by atoms with E-state index >= 15 is 0 Å². The van der Waals surface area contributed by atoms with Gasteiger partial charge in [-0.15, -0.1) is 5.10 Å². The van der Waals surface area contributed by atoms with E-state index in [4.69, 9.17) is 9.47 Å². The fourth-order valence-corrected chi connectivity index (χ4v) is 3.55. The van der Waals surface area contributed by atoms with Crippen molar-refractivity contribution in [3.63, 3.8) is 0 Å². The zero-order valence-corrected chi connectivity index (χ0v) is 19.9. The number of aryl methyl sites for hydroxylation is 1. The van der Waals surface area contributed by atoms with Crippen LogP contribution in [0.15, 0.2) is 72.8 Å². The molecule has 0 bridgehead atoms. The van der Waals surface area contributed by atoms with Gasteiger partial charge in [0, 0.05) is 35.6 Å². The average Bonchev–Trinajstić information content (AvgIpc) is 3.31. The summed E-state index contributed by atoms with van der Waals surface area (Å²) in [6.45, 7) is 5.22. The lowest BCUT2D eigenvalue weighted by Gasteiger charge is -2.10. The molecule has 0 aliphatic heterocycles. The van der Waals surface area contributed by atoms with Crippen molar-refractivity contribution < 1.29 is 19.2 Å². The summed E-state index contributed by atoms with van der Waals surface area (Å²) in [7, 11) is 0.